The number of nitrogens with one attached hydrogen (secondary N) is 1. The summed E-state index contributed by atoms with van der Waals surface area (Å²) < 4.78 is 0. The van der Waals surface area contributed by atoms with Gasteiger partial charge in [0, 0.05) is 6.04 Å². The molecule has 0 aliphatic carbocycles. The lowest BCUT2D eigenvalue weighted by atomic mass is 9.90. The highest BCUT2D eigenvalue weighted by atomic mass is 16.1. The van der Waals surface area contributed by atoms with Gasteiger partial charge in [-0.3, -0.25) is 0 Å². The Labute approximate surface area is 69.9 Å². The topological polar surface area (TPSA) is 55.1 Å². The second kappa shape index (κ2) is 6.43. The monoisotopic (exact) mass is 154 g/mol. The van der Waals surface area contributed by atoms with Crippen LogP contribution < -0.4 is 11.0 Å². The van der Waals surface area contributed by atoms with Crippen molar-refractivity contribution in [3.63, 3.8) is 0 Å². The van der Waals surface area contributed by atoms with Crippen LogP contribution >= 0.6 is 0 Å². The molecule has 0 aliphatic heterocycles. The van der Waals surface area contributed by atoms with E-state index in [2.05, 4.69) is 5.23 Å². The molecule has 0 bridgehead atoms. The molecule has 11 heavy (non-hydrogen) atoms. The summed E-state index contributed by atoms with van der Waals surface area (Å²) in [5.41, 5.74) is 5.54. The van der Waals surface area contributed by atoms with Crippen LogP contribution in [0.25, 0.3) is 0 Å². The van der Waals surface area contributed by atoms with E-state index >= 15 is 0 Å². The third-order valence-electron chi connectivity index (χ3n) is 1.79. The fourth-order valence-electron chi connectivity index (χ4n) is 1.04. The van der Waals surface area contributed by atoms with Crippen LogP contribution in [0, 0.1) is 0 Å². The van der Waals surface area contributed by atoms with Crippen molar-refractivity contribution >= 4 is 21.5 Å². The largest absolute Gasteiger partial charge is 0.354 e. The average Bonchev–Trinajstić information content (AvgIpc) is 1.97. The van der Waals surface area contributed by atoms with Crippen LogP contribution in [0.4, 0.5) is 0 Å². The maximum absolute atomic E-state index is 10.9. The molecule has 0 radical (unpaired) electrons. The second-order valence-corrected chi connectivity index (χ2v) is 2.74. The standard InChI is InChI=1S/C6H16B2N2O/c7-6(11)5(10-8)3-1-2-4-9/h5,10H,1-4,7-9H2/t5-/m0/s1. The third kappa shape index (κ3) is 5.04. The second-order valence-electron chi connectivity index (χ2n) is 2.74. The first kappa shape index (κ1) is 10.7. The van der Waals surface area contributed by atoms with Crippen LogP contribution in [0.15, 0.2) is 0 Å². The van der Waals surface area contributed by atoms with E-state index in [0.717, 1.165) is 19.3 Å². The molecule has 3 nitrogen and oxygen atoms in total. The third-order valence-corrected chi connectivity index (χ3v) is 1.79. The lowest BCUT2D eigenvalue weighted by Crippen LogP contribution is -2.35. The number of nitrogens with two attached hydrogens (primary N) is 1. The molecule has 0 aromatic carbocycles. The van der Waals surface area contributed by atoms with E-state index in [-0.39, 0.29) is 11.7 Å². The number of carbonyl (C=O) groups excluding carboxylic acids is 1. The van der Waals surface area contributed by atoms with E-state index in [0.29, 0.717) is 6.54 Å². The average molecular weight is 154 g/mol. The summed E-state index contributed by atoms with van der Waals surface area (Å²) in [7, 11) is 3.43. The quantitative estimate of drug-likeness (QED) is 0.336. The molecule has 0 heterocycles. The minimum atomic E-state index is 0.0292. The normalized spacial score (nSPS) is 12.8. The van der Waals surface area contributed by atoms with Gasteiger partial charge in [0.05, 0.1) is 5.68 Å². The van der Waals surface area contributed by atoms with Crippen LogP contribution in [0.3, 0.4) is 0 Å². The van der Waals surface area contributed by atoms with Crippen molar-refractivity contribution in [1.82, 2.24) is 5.23 Å². The van der Waals surface area contributed by atoms with E-state index < -0.39 is 0 Å². The zero-order valence-corrected chi connectivity index (χ0v) is 7.39. The van der Waals surface area contributed by atoms with Gasteiger partial charge < -0.3 is 15.8 Å². The molecular weight excluding hydrogens is 138 g/mol. The molecule has 0 amide bonds. The lowest BCUT2D eigenvalue weighted by Gasteiger charge is -2.11. The molecule has 0 aromatic rings. The molecule has 0 aromatic heterocycles. The van der Waals surface area contributed by atoms with Crippen LogP contribution in [-0.2, 0) is 4.79 Å². The van der Waals surface area contributed by atoms with Crippen molar-refractivity contribution in [2.45, 2.75) is 25.3 Å². The van der Waals surface area contributed by atoms with E-state index in [1.807, 2.05) is 7.98 Å². The first-order valence-corrected chi connectivity index (χ1v) is 4.10. The Bertz CT molecular complexity index is 121. The van der Waals surface area contributed by atoms with Gasteiger partial charge in [0.2, 0.25) is 0 Å². The van der Waals surface area contributed by atoms with E-state index in [1.54, 1.807) is 7.85 Å². The smallest absolute Gasteiger partial charge is 0.189 e. The predicted molar refractivity (Wildman–Crippen MR) is 51.9 cm³/mol. The van der Waals surface area contributed by atoms with Gasteiger partial charge in [0.1, 0.15) is 0 Å². The van der Waals surface area contributed by atoms with Crippen molar-refractivity contribution in [2.75, 3.05) is 6.54 Å². The minimum Gasteiger partial charge on any atom is -0.354 e. The Balaban J connectivity index is 3.44. The highest BCUT2D eigenvalue weighted by Gasteiger charge is 2.08. The summed E-state index contributed by atoms with van der Waals surface area (Å²) in [6, 6.07) is 0.0292. The fraction of sp³-hybridized carbons (Fsp3) is 0.833. The maximum Gasteiger partial charge on any atom is 0.189 e. The number of unbranched alkanes of at least 4 members (excludes halogenated alkanes) is 1. The summed E-state index contributed by atoms with van der Waals surface area (Å²) in [6.45, 7) is 0.717. The molecule has 0 saturated carbocycles. The van der Waals surface area contributed by atoms with Crippen molar-refractivity contribution in [2.24, 2.45) is 5.73 Å². The molecule has 3 N–H and O–H groups in total. The number of carbonyl (C=O) groups is 1. The zero-order chi connectivity index (χ0) is 8.69. The van der Waals surface area contributed by atoms with Gasteiger partial charge in [0.25, 0.3) is 0 Å². The predicted octanol–water partition coefficient (Wildman–Crippen LogP) is -2.22. The first-order valence-electron chi connectivity index (χ1n) is 4.10. The van der Waals surface area contributed by atoms with Crippen molar-refractivity contribution in [3.05, 3.63) is 0 Å². The van der Waals surface area contributed by atoms with Gasteiger partial charge in [-0.05, 0) is 19.4 Å². The molecule has 0 rings (SSSR count). The summed E-state index contributed by atoms with van der Waals surface area (Å²) in [4.78, 5) is 10.9. The van der Waals surface area contributed by atoms with Gasteiger partial charge >= 0.3 is 0 Å². The van der Waals surface area contributed by atoms with Crippen LogP contribution in [0.2, 0.25) is 0 Å². The summed E-state index contributed by atoms with van der Waals surface area (Å²) in [5, 5.41) is 2.97. The van der Waals surface area contributed by atoms with Crippen molar-refractivity contribution in [1.29, 1.82) is 0 Å². The van der Waals surface area contributed by atoms with Crippen LogP contribution in [0.1, 0.15) is 19.3 Å². The summed E-state index contributed by atoms with van der Waals surface area (Å²) in [6.07, 6.45) is 2.94. The molecule has 62 valence electrons. The summed E-state index contributed by atoms with van der Waals surface area (Å²) in [5.74, 6) is 0. The number of rotatable bonds is 6. The molecule has 0 spiro atoms. The molecule has 0 saturated heterocycles. The molecule has 0 fully saturated rings. The highest BCUT2D eigenvalue weighted by Crippen LogP contribution is 1.98. The SMILES string of the molecule is BN[C@@H](CCCCN)C(B)=O. The Morgan fingerprint density at radius 1 is 1.55 bits per heavy atom. The minimum absolute atomic E-state index is 0.0292. The Morgan fingerprint density at radius 3 is 2.55 bits per heavy atom. The highest BCUT2D eigenvalue weighted by molar-refractivity contribution is 6.59. The fourth-order valence-corrected chi connectivity index (χ4v) is 1.04. The Hall–Kier alpha value is -0.280. The molecule has 1 atom stereocenters. The van der Waals surface area contributed by atoms with Crippen molar-refractivity contribution in [3.8, 4) is 0 Å². The van der Waals surface area contributed by atoms with E-state index in [9.17, 15) is 4.79 Å². The van der Waals surface area contributed by atoms with Crippen LogP contribution in [0.5, 0.6) is 0 Å². The maximum atomic E-state index is 10.9. The van der Waals surface area contributed by atoms with Gasteiger partial charge in [-0.1, -0.05) is 6.42 Å². The van der Waals surface area contributed by atoms with E-state index in [1.165, 1.54) is 0 Å². The Morgan fingerprint density at radius 2 is 2.18 bits per heavy atom. The summed E-state index contributed by atoms with van der Waals surface area (Å²) >= 11 is 0. The van der Waals surface area contributed by atoms with Gasteiger partial charge in [0.15, 0.2) is 15.8 Å². The van der Waals surface area contributed by atoms with Crippen LogP contribution in [-0.4, -0.2) is 34.1 Å². The van der Waals surface area contributed by atoms with E-state index in [4.69, 9.17) is 5.73 Å². The van der Waals surface area contributed by atoms with Gasteiger partial charge in [-0.2, -0.15) is 0 Å². The van der Waals surface area contributed by atoms with Gasteiger partial charge in [-0.25, -0.2) is 0 Å². The molecular formula is C6H16B2N2O. The Kier molecular flexibility index (Phi) is 6.27. The first-order chi connectivity index (χ1) is 5.22. The lowest BCUT2D eigenvalue weighted by molar-refractivity contribution is -0.113. The number of hydrogen-bond acceptors (Lipinski definition) is 3. The molecule has 0 unspecified atom stereocenters. The molecule has 0 aliphatic rings. The van der Waals surface area contributed by atoms with Crippen molar-refractivity contribution < 1.29 is 4.79 Å². The number of hydrogen-bond donors (Lipinski definition) is 2. The van der Waals surface area contributed by atoms with Gasteiger partial charge in [-0.15, -0.1) is 0 Å². The zero-order valence-electron chi connectivity index (χ0n) is 7.39. The molecule has 5 heteroatoms.